The van der Waals surface area contributed by atoms with Crippen molar-refractivity contribution in [3.8, 4) is 0 Å². The predicted molar refractivity (Wildman–Crippen MR) is 139 cm³/mol. The van der Waals surface area contributed by atoms with Gasteiger partial charge in [0.2, 0.25) is 0 Å². The van der Waals surface area contributed by atoms with Gasteiger partial charge in [-0.1, -0.05) is 86.5 Å². The molecule has 2 aliphatic rings. The van der Waals surface area contributed by atoms with Gasteiger partial charge >= 0.3 is 6.09 Å². The number of fused-ring (bicyclic) bond motifs is 1. The third-order valence-corrected chi connectivity index (χ3v) is 11.7. The maximum absolute atomic E-state index is 12.7. The monoisotopic (exact) mass is 510 g/mol. The highest BCUT2D eigenvalue weighted by Gasteiger charge is 2.54. The highest BCUT2D eigenvalue weighted by molar-refractivity contribution is 6.99. The summed E-state index contributed by atoms with van der Waals surface area (Å²) >= 11 is 0. The molecule has 2 aromatic rings. The first kappa shape index (κ1) is 26.2. The van der Waals surface area contributed by atoms with Gasteiger partial charge in [-0.2, -0.15) is 0 Å². The Balaban J connectivity index is 1.72. The molecule has 2 aromatic carbocycles. The Morgan fingerprint density at radius 3 is 2.11 bits per heavy atom. The molecule has 0 saturated carbocycles. The normalized spacial score (nSPS) is 25.6. The Bertz CT molecular complexity index is 1060. The number of alkyl carbamates (subject to hydrolysis) is 1. The van der Waals surface area contributed by atoms with E-state index in [9.17, 15) is 4.79 Å². The van der Waals surface area contributed by atoms with Crippen LogP contribution in [-0.4, -0.2) is 57.7 Å². The molecule has 36 heavy (non-hydrogen) atoms. The molecule has 2 fully saturated rings. The standard InChI is InChI=1S/C26H34N4O5Si/c1-25(2,3)36(18-12-8-6-9-13-18,19-14-10-7-11-15-19)32-17-20-22-23(35-26(4,5)34-22)21(16-28-30-27)33-24(31)29-20/h6-15,20-23H,16-17H2,1-5H3,(H,29,31)/t20-,21-,22+,23+/m0/s1. The highest BCUT2D eigenvalue weighted by Crippen LogP contribution is 2.38. The van der Waals surface area contributed by atoms with Gasteiger partial charge in [0.1, 0.15) is 18.3 Å². The smallest absolute Gasteiger partial charge is 0.407 e. The van der Waals surface area contributed by atoms with Crippen molar-refractivity contribution in [1.82, 2.24) is 5.32 Å². The fourth-order valence-electron chi connectivity index (χ4n) is 5.26. The van der Waals surface area contributed by atoms with E-state index in [1.54, 1.807) is 0 Å². The van der Waals surface area contributed by atoms with Gasteiger partial charge in [-0.3, -0.25) is 0 Å². The van der Waals surface area contributed by atoms with E-state index in [4.69, 9.17) is 24.2 Å². The van der Waals surface area contributed by atoms with Gasteiger partial charge < -0.3 is 24.0 Å². The maximum atomic E-state index is 12.7. The molecule has 2 aliphatic heterocycles. The zero-order chi connectivity index (χ0) is 26.0. The van der Waals surface area contributed by atoms with Gasteiger partial charge in [0.15, 0.2) is 5.79 Å². The van der Waals surface area contributed by atoms with Crippen LogP contribution in [0, 0.1) is 0 Å². The van der Waals surface area contributed by atoms with Crippen molar-refractivity contribution in [3.63, 3.8) is 0 Å². The summed E-state index contributed by atoms with van der Waals surface area (Å²) < 4.78 is 25.0. The minimum absolute atomic E-state index is 0.0488. The lowest BCUT2D eigenvalue weighted by molar-refractivity contribution is -0.158. The lowest BCUT2D eigenvalue weighted by atomic mass is 10.0. The Morgan fingerprint density at radius 2 is 1.58 bits per heavy atom. The quantitative estimate of drug-likeness (QED) is 0.263. The average Bonchev–Trinajstić information content (AvgIpc) is 3.11. The summed E-state index contributed by atoms with van der Waals surface area (Å²) in [6.45, 7) is 10.4. The number of carbonyl (C=O) groups excluding carboxylic acids is 1. The van der Waals surface area contributed by atoms with Crippen LogP contribution >= 0.6 is 0 Å². The third-order valence-electron chi connectivity index (χ3n) is 6.71. The summed E-state index contributed by atoms with van der Waals surface area (Å²) in [6, 6.07) is 20.1. The van der Waals surface area contributed by atoms with Crippen LogP contribution in [0.2, 0.25) is 5.04 Å². The number of hydrogen-bond acceptors (Lipinski definition) is 6. The van der Waals surface area contributed by atoms with Gasteiger partial charge in [0.05, 0.1) is 19.2 Å². The Morgan fingerprint density at radius 1 is 1.03 bits per heavy atom. The molecule has 0 aliphatic carbocycles. The van der Waals surface area contributed by atoms with Crippen molar-refractivity contribution in [2.75, 3.05) is 13.2 Å². The van der Waals surface area contributed by atoms with Gasteiger partial charge in [-0.25, -0.2) is 4.79 Å². The lowest BCUT2D eigenvalue weighted by Crippen LogP contribution is -2.68. The van der Waals surface area contributed by atoms with Crippen molar-refractivity contribution < 1.29 is 23.4 Å². The number of amides is 1. The number of azide groups is 1. The molecular weight excluding hydrogens is 476 g/mol. The van der Waals surface area contributed by atoms with Gasteiger partial charge in [0, 0.05) is 4.91 Å². The topological polar surface area (TPSA) is 115 Å². The molecule has 0 bridgehead atoms. The van der Waals surface area contributed by atoms with E-state index in [-0.39, 0.29) is 18.2 Å². The SMILES string of the molecule is CC1(C)O[C@H]2[C@H](O1)[C@H](CN=[N+]=[N-])OC(=O)N[C@H]2CO[Si](c1ccccc1)(c1ccccc1)C(C)(C)C. The fraction of sp³-hybridized carbons (Fsp3) is 0.500. The number of nitrogens with zero attached hydrogens (tertiary/aromatic N) is 3. The molecule has 0 radical (unpaired) electrons. The first-order valence-electron chi connectivity index (χ1n) is 12.2. The summed E-state index contributed by atoms with van der Waals surface area (Å²) in [4.78, 5) is 15.5. The predicted octanol–water partition coefficient (Wildman–Crippen LogP) is 3.87. The first-order chi connectivity index (χ1) is 17.1. The largest absolute Gasteiger partial charge is 0.443 e. The van der Waals surface area contributed by atoms with Crippen molar-refractivity contribution in [1.29, 1.82) is 0 Å². The number of carbonyl (C=O) groups is 1. The van der Waals surface area contributed by atoms with Crippen LogP contribution in [0.3, 0.4) is 0 Å². The minimum Gasteiger partial charge on any atom is -0.443 e. The molecular formula is C26H34N4O5Si. The average molecular weight is 511 g/mol. The van der Waals surface area contributed by atoms with Crippen molar-refractivity contribution in [3.05, 3.63) is 71.1 Å². The first-order valence-corrected chi connectivity index (χ1v) is 14.1. The van der Waals surface area contributed by atoms with Crippen LogP contribution in [0.5, 0.6) is 0 Å². The summed E-state index contributed by atoms with van der Waals surface area (Å²) in [7, 11) is -2.84. The Kier molecular flexibility index (Phi) is 7.45. The van der Waals surface area contributed by atoms with Crippen LogP contribution in [0.4, 0.5) is 4.79 Å². The molecule has 9 nitrogen and oxygen atoms in total. The van der Waals surface area contributed by atoms with Gasteiger partial charge in [-0.15, -0.1) is 0 Å². The number of ether oxygens (including phenoxy) is 3. The summed E-state index contributed by atoms with van der Waals surface area (Å²) in [5.41, 5.74) is 8.81. The van der Waals surface area contributed by atoms with Crippen molar-refractivity contribution >= 4 is 24.8 Å². The maximum Gasteiger partial charge on any atom is 0.407 e. The number of nitrogens with one attached hydrogen (secondary N) is 1. The number of rotatable bonds is 7. The second kappa shape index (κ2) is 10.2. The summed E-state index contributed by atoms with van der Waals surface area (Å²) in [5.74, 6) is -0.898. The van der Waals surface area contributed by atoms with E-state index in [0.717, 1.165) is 10.4 Å². The van der Waals surface area contributed by atoms with E-state index >= 15 is 0 Å². The van der Waals surface area contributed by atoms with Crippen LogP contribution in [-0.2, 0) is 18.6 Å². The second-order valence-electron chi connectivity index (χ2n) is 10.6. The number of hydrogen-bond donors (Lipinski definition) is 1. The zero-order valence-electron chi connectivity index (χ0n) is 21.4. The van der Waals surface area contributed by atoms with Crippen molar-refractivity contribution in [2.45, 2.75) is 69.8 Å². The van der Waals surface area contributed by atoms with Crippen LogP contribution in [0.1, 0.15) is 34.6 Å². The molecule has 4 rings (SSSR count). The van der Waals surface area contributed by atoms with Crippen LogP contribution in [0.15, 0.2) is 65.8 Å². The van der Waals surface area contributed by atoms with Gasteiger partial charge in [-0.05, 0) is 34.8 Å². The van der Waals surface area contributed by atoms with E-state index in [0.29, 0.717) is 0 Å². The molecule has 0 unspecified atom stereocenters. The molecule has 1 N–H and O–H groups in total. The zero-order valence-corrected chi connectivity index (χ0v) is 22.4. The third kappa shape index (κ3) is 5.14. The molecule has 10 heteroatoms. The van der Waals surface area contributed by atoms with E-state index in [2.05, 4.69) is 60.4 Å². The van der Waals surface area contributed by atoms with Crippen LogP contribution in [0.25, 0.3) is 10.4 Å². The molecule has 2 saturated heterocycles. The molecule has 2 heterocycles. The fourth-order valence-corrected chi connectivity index (χ4v) is 9.84. The van der Waals surface area contributed by atoms with E-state index in [1.165, 1.54) is 0 Å². The number of benzene rings is 2. The minimum atomic E-state index is -2.84. The molecule has 192 valence electrons. The summed E-state index contributed by atoms with van der Waals surface area (Å²) in [6.07, 6.45) is -2.56. The number of cyclic esters (lactones) is 1. The van der Waals surface area contributed by atoms with E-state index < -0.39 is 44.6 Å². The van der Waals surface area contributed by atoms with Crippen molar-refractivity contribution in [2.24, 2.45) is 5.11 Å². The molecule has 1 amide bonds. The Hall–Kier alpha value is -2.88. The van der Waals surface area contributed by atoms with E-state index in [1.807, 2.05) is 50.2 Å². The van der Waals surface area contributed by atoms with Gasteiger partial charge in [0.25, 0.3) is 8.32 Å². The molecule has 4 atom stereocenters. The summed E-state index contributed by atoms with van der Waals surface area (Å²) in [5, 5.41) is 8.59. The molecule has 0 spiro atoms. The lowest BCUT2D eigenvalue weighted by Gasteiger charge is -2.44. The van der Waals surface area contributed by atoms with Crippen LogP contribution < -0.4 is 15.7 Å². The highest BCUT2D eigenvalue weighted by atomic mass is 28.4. The molecule has 0 aromatic heterocycles. The second-order valence-corrected chi connectivity index (χ2v) is 15.0. The Labute approximate surface area is 212 Å².